The molecule has 39 heavy (non-hydrogen) atoms. The van der Waals surface area contributed by atoms with Crippen molar-refractivity contribution in [2.45, 2.75) is 57.9 Å². The lowest BCUT2D eigenvalue weighted by atomic mass is 9.93. The van der Waals surface area contributed by atoms with Gasteiger partial charge in [-0.05, 0) is 37.0 Å². The number of carbonyl (C=O) groups excluding carboxylic acids is 1. The largest absolute Gasteiger partial charge is 0.478 e. The first-order chi connectivity index (χ1) is 18.9. The number of aryl methyl sites for hydroxylation is 1. The third-order valence-electron chi connectivity index (χ3n) is 6.86. The minimum absolute atomic E-state index is 0.228. The lowest BCUT2D eigenvalue weighted by Gasteiger charge is -2.38. The van der Waals surface area contributed by atoms with Crippen LogP contribution in [0.3, 0.4) is 0 Å². The van der Waals surface area contributed by atoms with Crippen LogP contribution in [0, 0.1) is 0 Å². The Morgan fingerprint density at radius 3 is 2.05 bits per heavy atom. The van der Waals surface area contributed by atoms with Crippen LogP contribution in [0.25, 0.3) is 0 Å². The molecule has 1 aromatic heterocycles. The van der Waals surface area contributed by atoms with Crippen LogP contribution in [-0.4, -0.2) is 81.7 Å². The smallest absolute Gasteiger partial charge is 0.328 e. The molecule has 2 N–H and O–H groups in total. The average Bonchev–Trinajstić information content (AvgIpc) is 2.95. The summed E-state index contributed by atoms with van der Waals surface area (Å²) in [6, 6.07) is 10.6. The molecule has 0 atom stereocenters. The number of hydrogen-bond acceptors (Lipinski definition) is 7. The molecule has 2 heterocycles. The summed E-state index contributed by atoms with van der Waals surface area (Å²) in [5.41, 5.74) is 2.23. The van der Waals surface area contributed by atoms with Gasteiger partial charge in [0.15, 0.2) is 0 Å². The van der Waals surface area contributed by atoms with E-state index in [0.29, 0.717) is 24.7 Å². The van der Waals surface area contributed by atoms with Crippen molar-refractivity contribution in [2.75, 3.05) is 42.5 Å². The third-order valence-corrected chi connectivity index (χ3v) is 6.86. The second kappa shape index (κ2) is 15.6. The predicted molar refractivity (Wildman–Crippen MR) is 150 cm³/mol. The van der Waals surface area contributed by atoms with Crippen LogP contribution >= 0.6 is 0 Å². The van der Waals surface area contributed by atoms with Crippen molar-refractivity contribution in [1.82, 2.24) is 14.9 Å². The first-order valence-corrected chi connectivity index (χ1v) is 13.7. The van der Waals surface area contributed by atoms with Crippen molar-refractivity contribution in [3.63, 3.8) is 0 Å². The highest BCUT2D eigenvalue weighted by molar-refractivity contribution is 5.95. The number of carbonyl (C=O) groups is 3. The fourth-order valence-electron chi connectivity index (χ4n) is 4.93. The Balaban J connectivity index is 0.000000459. The summed E-state index contributed by atoms with van der Waals surface area (Å²) in [4.78, 5) is 48.2. The van der Waals surface area contributed by atoms with Crippen LogP contribution in [0.15, 0.2) is 54.9 Å². The molecule has 10 nitrogen and oxygen atoms in total. The van der Waals surface area contributed by atoms with Crippen molar-refractivity contribution in [1.29, 1.82) is 0 Å². The maximum absolute atomic E-state index is 13.4. The number of benzene rings is 1. The maximum Gasteiger partial charge on any atom is 0.328 e. The number of rotatable bonds is 9. The van der Waals surface area contributed by atoms with Gasteiger partial charge in [-0.15, -0.1) is 0 Å². The average molecular weight is 538 g/mol. The minimum atomic E-state index is -1.26. The van der Waals surface area contributed by atoms with Crippen LogP contribution in [0.2, 0.25) is 0 Å². The van der Waals surface area contributed by atoms with Gasteiger partial charge in [-0.2, -0.15) is 0 Å². The Morgan fingerprint density at radius 1 is 0.923 bits per heavy atom. The van der Waals surface area contributed by atoms with Crippen molar-refractivity contribution < 1.29 is 24.6 Å². The van der Waals surface area contributed by atoms with Gasteiger partial charge in [0.1, 0.15) is 0 Å². The molecule has 2 fully saturated rings. The Kier molecular flexibility index (Phi) is 11.9. The monoisotopic (exact) mass is 537 g/mol. The molecule has 10 heteroatoms. The third kappa shape index (κ3) is 9.79. The van der Waals surface area contributed by atoms with Crippen molar-refractivity contribution in [3.05, 3.63) is 60.4 Å². The van der Waals surface area contributed by atoms with Crippen LogP contribution in [0.5, 0.6) is 0 Å². The number of amides is 1. The second-order valence-electron chi connectivity index (χ2n) is 9.81. The molecule has 210 valence electrons. The topological polar surface area (TPSA) is 127 Å². The zero-order valence-corrected chi connectivity index (χ0v) is 22.6. The maximum atomic E-state index is 13.4. The highest BCUT2D eigenvalue weighted by Crippen LogP contribution is 2.27. The summed E-state index contributed by atoms with van der Waals surface area (Å²) in [7, 11) is 0. The zero-order valence-electron chi connectivity index (χ0n) is 22.6. The van der Waals surface area contributed by atoms with Gasteiger partial charge in [0.25, 0.3) is 0 Å². The summed E-state index contributed by atoms with van der Waals surface area (Å²) >= 11 is 0. The number of piperazine rings is 1. The Labute approximate surface area is 230 Å². The van der Waals surface area contributed by atoms with E-state index in [1.165, 1.54) is 24.8 Å². The first-order valence-electron chi connectivity index (χ1n) is 13.7. The number of carboxylic acid groups (broad SMARTS) is 2. The van der Waals surface area contributed by atoms with Gasteiger partial charge in [-0.25, -0.2) is 19.6 Å². The highest BCUT2D eigenvalue weighted by atomic mass is 16.4. The lowest BCUT2D eigenvalue weighted by Crippen LogP contribution is -2.52. The van der Waals surface area contributed by atoms with Gasteiger partial charge in [0, 0.05) is 62.5 Å². The molecule has 1 saturated carbocycles. The summed E-state index contributed by atoms with van der Waals surface area (Å²) in [5.74, 6) is -1.48. The lowest BCUT2D eigenvalue weighted by molar-refractivity contribution is -0.134. The summed E-state index contributed by atoms with van der Waals surface area (Å²) in [5, 5.41) is 15.6. The second-order valence-corrected chi connectivity index (χ2v) is 9.81. The van der Waals surface area contributed by atoms with Crippen LogP contribution in [0.1, 0.15) is 51.0 Å². The molecule has 1 aliphatic heterocycles. The molecular formula is C29H39N5O5. The van der Waals surface area contributed by atoms with E-state index in [1.54, 1.807) is 0 Å². The quantitative estimate of drug-likeness (QED) is 0.461. The van der Waals surface area contributed by atoms with Gasteiger partial charge in [0.2, 0.25) is 11.9 Å². The van der Waals surface area contributed by atoms with Gasteiger partial charge in [-0.3, -0.25) is 9.69 Å². The van der Waals surface area contributed by atoms with E-state index in [4.69, 9.17) is 10.2 Å². The number of hydrogen-bond donors (Lipinski definition) is 2. The minimum Gasteiger partial charge on any atom is -0.478 e. The van der Waals surface area contributed by atoms with E-state index < -0.39 is 11.9 Å². The fourth-order valence-corrected chi connectivity index (χ4v) is 4.93. The van der Waals surface area contributed by atoms with Gasteiger partial charge in [-0.1, -0.05) is 50.8 Å². The SMILES string of the molecule is CCCc1cnc(N2CCN(CC(=O)N(c3ccccc3)C3CCCCC3)CC2)nc1.O=C(O)C=CC(=O)O. The van der Waals surface area contributed by atoms with Crippen LogP contribution in [-0.2, 0) is 20.8 Å². The molecule has 2 aliphatic rings. The van der Waals surface area contributed by atoms with Gasteiger partial charge in [0.05, 0.1) is 6.54 Å². The summed E-state index contributed by atoms with van der Waals surface area (Å²) in [6.45, 7) is 6.08. The molecule has 0 unspecified atom stereocenters. The standard InChI is InChI=1S/C25H35N5O.C4H4O4/c1-2-9-21-18-26-25(27-19-21)29-16-14-28(15-17-29)20-24(31)30(22-10-5-3-6-11-22)23-12-7-4-8-13-23;5-3(6)1-2-4(7)8/h3,5-6,10-11,18-19,23H,2,4,7-9,12-17,20H2,1H3;1-2H,(H,5,6)(H,7,8). The van der Waals surface area contributed by atoms with Gasteiger partial charge < -0.3 is 20.0 Å². The van der Waals surface area contributed by atoms with E-state index in [1.807, 2.05) is 30.6 Å². The molecule has 2 aromatic rings. The molecular weight excluding hydrogens is 498 g/mol. The fraction of sp³-hybridized carbons (Fsp3) is 0.483. The van der Waals surface area contributed by atoms with Crippen LogP contribution < -0.4 is 9.80 Å². The molecule has 0 radical (unpaired) electrons. The number of anilines is 2. The molecule has 1 amide bonds. The predicted octanol–water partition coefficient (Wildman–Crippen LogP) is 3.63. The van der Waals surface area contributed by atoms with Crippen molar-refractivity contribution in [3.8, 4) is 0 Å². The molecule has 4 rings (SSSR count). The Hall–Kier alpha value is -3.79. The summed E-state index contributed by atoms with van der Waals surface area (Å²) in [6.07, 6.45) is 13.1. The Bertz CT molecular complexity index is 1060. The first kappa shape index (κ1) is 29.8. The Morgan fingerprint density at radius 2 is 1.51 bits per heavy atom. The molecule has 1 aliphatic carbocycles. The molecule has 0 bridgehead atoms. The van der Waals surface area contributed by atoms with Gasteiger partial charge >= 0.3 is 11.9 Å². The molecule has 1 saturated heterocycles. The van der Waals surface area contributed by atoms with Crippen LogP contribution in [0.4, 0.5) is 11.6 Å². The van der Waals surface area contributed by atoms with Crippen molar-refractivity contribution in [2.24, 2.45) is 0 Å². The zero-order chi connectivity index (χ0) is 28.0. The highest BCUT2D eigenvalue weighted by Gasteiger charge is 2.29. The molecule has 0 spiro atoms. The van der Waals surface area contributed by atoms with Crippen molar-refractivity contribution >= 4 is 29.5 Å². The van der Waals surface area contributed by atoms with E-state index in [0.717, 1.165) is 63.5 Å². The normalized spacial score (nSPS) is 16.4. The van der Waals surface area contributed by atoms with E-state index in [9.17, 15) is 14.4 Å². The van der Waals surface area contributed by atoms with E-state index in [-0.39, 0.29) is 5.91 Å². The van der Waals surface area contributed by atoms with E-state index in [2.05, 4.69) is 43.7 Å². The van der Waals surface area contributed by atoms with E-state index >= 15 is 0 Å². The number of aromatic nitrogens is 2. The number of para-hydroxylation sites is 1. The summed E-state index contributed by atoms with van der Waals surface area (Å²) < 4.78 is 0. The number of aliphatic carboxylic acids is 2. The number of nitrogens with zero attached hydrogens (tertiary/aromatic N) is 5. The number of carboxylic acids is 2. The molecule has 1 aromatic carbocycles.